The highest BCUT2D eigenvalue weighted by Crippen LogP contribution is 2.34. The van der Waals surface area contributed by atoms with Gasteiger partial charge in [-0.3, -0.25) is 13.3 Å². The second-order valence-electron chi connectivity index (χ2n) is 8.15. The second kappa shape index (κ2) is 12.5. The van der Waals surface area contributed by atoms with Crippen LogP contribution in [0, 0.1) is 0 Å². The number of hydrogen-bond donors (Lipinski definition) is 1. The van der Waals surface area contributed by atoms with Gasteiger partial charge in [0.05, 0.1) is 44.3 Å². The molecule has 7 nitrogen and oxygen atoms in total. The van der Waals surface area contributed by atoms with Crippen molar-refractivity contribution in [3.8, 4) is 0 Å². The van der Waals surface area contributed by atoms with Crippen LogP contribution in [0.1, 0.15) is 40.0 Å². The summed E-state index contributed by atoms with van der Waals surface area (Å²) in [5.41, 5.74) is 2.68. The Bertz CT molecular complexity index is 1440. The van der Waals surface area contributed by atoms with E-state index in [-0.39, 0.29) is 23.0 Å². The highest BCUT2D eigenvalue weighted by Gasteiger charge is 2.25. The van der Waals surface area contributed by atoms with Gasteiger partial charge >= 0.3 is 0 Å². The quantitative estimate of drug-likeness (QED) is 0.207. The summed E-state index contributed by atoms with van der Waals surface area (Å²) in [5.74, 6) is -0.348. The number of carbonyl (C=O) groups is 1. The van der Waals surface area contributed by atoms with E-state index in [1.54, 1.807) is 30.3 Å². The van der Waals surface area contributed by atoms with Crippen LogP contribution in [0.4, 0.5) is 11.5 Å². The fourth-order valence-electron chi connectivity index (χ4n) is 3.66. The van der Waals surface area contributed by atoms with E-state index in [0.29, 0.717) is 33.2 Å². The minimum absolute atomic E-state index is 0.0671. The molecule has 0 aliphatic carbocycles. The van der Waals surface area contributed by atoms with Gasteiger partial charge in [0.15, 0.2) is 5.82 Å². The zero-order valence-corrected chi connectivity index (χ0v) is 24.1. The van der Waals surface area contributed by atoms with Gasteiger partial charge in [0, 0.05) is 17.4 Å². The van der Waals surface area contributed by atoms with Crippen molar-refractivity contribution in [2.75, 3.05) is 10.8 Å². The number of benzene rings is 3. The van der Waals surface area contributed by atoms with E-state index in [1.165, 1.54) is 0 Å². The lowest BCUT2D eigenvalue weighted by Gasteiger charge is -2.27. The lowest BCUT2D eigenvalue weighted by molar-refractivity contribution is 0.0952. The maximum atomic E-state index is 13.3. The van der Waals surface area contributed by atoms with Crippen molar-refractivity contribution in [3.05, 3.63) is 104 Å². The number of hydrogen-bond acceptors (Lipinski definition) is 6. The van der Waals surface area contributed by atoms with Crippen LogP contribution in [0.25, 0.3) is 0 Å². The summed E-state index contributed by atoms with van der Waals surface area (Å²) in [5, 5.41) is 3.78. The average Bonchev–Trinajstić information content (AvgIpc) is 3.32. The Kier molecular flexibility index (Phi) is 9.33. The standard InChI is InChI=1S/C25H21BrCl2N4O3S2/c1-15(17-7-10-20(27)21(28)12-17)14-29-25(33)19-9-8-18(26)13-23(19)32(37(34)35)24-22(30-36-31-24)11-16-5-3-2-4-6-16/h2-10,12-13,15H,11,14H2,1H3,(H,29,33)(H,34,35)/p-1. The smallest absolute Gasteiger partial charge is 0.253 e. The van der Waals surface area contributed by atoms with E-state index >= 15 is 0 Å². The summed E-state index contributed by atoms with van der Waals surface area (Å²) in [6.45, 7) is 2.24. The van der Waals surface area contributed by atoms with Gasteiger partial charge in [-0.2, -0.15) is 8.75 Å². The first-order valence-electron chi connectivity index (χ1n) is 11.0. The highest BCUT2D eigenvalue weighted by atomic mass is 79.9. The summed E-state index contributed by atoms with van der Waals surface area (Å²) < 4.78 is 35.2. The van der Waals surface area contributed by atoms with Gasteiger partial charge in [-0.05, 0) is 47.4 Å². The van der Waals surface area contributed by atoms with E-state index in [2.05, 4.69) is 30.0 Å². The van der Waals surface area contributed by atoms with Crippen molar-refractivity contribution in [1.29, 1.82) is 0 Å². The Labute approximate surface area is 239 Å². The molecule has 0 saturated carbocycles. The molecule has 2 atom stereocenters. The second-order valence-corrected chi connectivity index (χ2v) is 11.2. The Morgan fingerprint density at radius 2 is 1.86 bits per heavy atom. The van der Waals surface area contributed by atoms with Gasteiger partial charge in [-0.15, -0.1) is 0 Å². The third-order valence-corrected chi connectivity index (χ3v) is 8.05. The Morgan fingerprint density at radius 1 is 1.11 bits per heavy atom. The molecular formula is C25H20BrCl2N4O3S2-. The number of nitrogens with zero attached hydrogens (tertiary/aromatic N) is 3. The molecular weight excluding hydrogens is 619 g/mol. The minimum atomic E-state index is -2.77. The molecule has 0 aliphatic heterocycles. The third kappa shape index (κ3) is 6.76. The van der Waals surface area contributed by atoms with E-state index in [1.807, 2.05) is 43.3 Å². The van der Waals surface area contributed by atoms with Crippen molar-refractivity contribution in [3.63, 3.8) is 0 Å². The molecule has 4 rings (SSSR count). The van der Waals surface area contributed by atoms with Crippen molar-refractivity contribution in [2.24, 2.45) is 0 Å². The van der Waals surface area contributed by atoms with Crippen LogP contribution in [-0.2, 0) is 17.7 Å². The van der Waals surface area contributed by atoms with Crippen LogP contribution in [0.2, 0.25) is 10.0 Å². The van der Waals surface area contributed by atoms with E-state index < -0.39 is 17.2 Å². The maximum Gasteiger partial charge on any atom is 0.253 e. The number of amides is 1. The third-order valence-electron chi connectivity index (χ3n) is 5.60. The molecule has 37 heavy (non-hydrogen) atoms. The van der Waals surface area contributed by atoms with Crippen LogP contribution in [0.3, 0.4) is 0 Å². The number of nitrogens with one attached hydrogen (secondary N) is 1. The average molecular weight is 639 g/mol. The molecule has 3 aromatic carbocycles. The van der Waals surface area contributed by atoms with Crippen LogP contribution < -0.4 is 9.62 Å². The maximum absolute atomic E-state index is 13.3. The van der Waals surface area contributed by atoms with Crippen LogP contribution >= 0.6 is 50.9 Å². The fraction of sp³-hybridized carbons (Fsp3) is 0.160. The largest absolute Gasteiger partial charge is 0.755 e. The zero-order chi connectivity index (χ0) is 26.5. The van der Waals surface area contributed by atoms with E-state index in [4.69, 9.17) is 23.2 Å². The lowest BCUT2D eigenvalue weighted by Crippen LogP contribution is -2.30. The zero-order valence-electron chi connectivity index (χ0n) is 19.4. The normalized spacial score (nSPS) is 12.7. The predicted octanol–water partition coefficient (Wildman–Crippen LogP) is 6.66. The molecule has 1 N–H and O–H groups in total. The SMILES string of the molecule is CC(CNC(=O)c1ccc(Br)cc1N(c1nsnc1Cc1ccccc1)S(=O)[O-])c1ccc(Cl)c(Cl)c1. The van der Waals surface area contributed by atoms with Gasteiger partial charge in [-0.1, -0.05) is 82.5 Å². The van der Waals surface area contributed by atoms with Gasteiger partial charge < -0.3 is 9.87 Å². The topological polar surface area (TPSA) is 98.2 Å². The molecule has 192 valence electrons. The molecule has 4 aromatic rings. The number of carbonyl (C=O) groups excluding carboxylic acids is 1. The number of halogens is 3. The summed E-state index contributed by atoms with van der Waals surface area (Å²) in [6.07, 6.45) is 0.386. The van der Waals surface area contributed by atoms with E-state index in [0.717, 1.165) is 27.2 Å². The first-order valence-corrected chi connectivity index (χ1v) is 14.3. The molecule has 0 saturated heterocycles. The Hall–Kier alpha value is -2.34. The Balaban J connectivity index is 1.61. The van der Waals surface area contributed by atoms with Gasteiger partial charge in [0.2, 0.25) is 0 Å². The summed E-state index contributed by atoms with van der Waals surface area (Å²) in [4.78, 5) is 13.3. The molecule has 2 unspecified atom stereocenters. The first kappa shape index (κ1) is 27.7. The van der Waals surface area contributed by atoms with Crippen LogP contribution in [0.15, 0.2) is 71.2 Å². The fourth-order valence-corrected chi connectivity index (χ4v) is 5.52. The molecule has 12 heteroatoms. The monoisotopic (exact) mass is 637 g/mol. The van der Waals surface area contributed by atoms with Crippen LogP contribution in [0.5, 0.6) is 0 Å². The molecule has 0 radical (unpaired) electrons. The molecule has 1 heterocycles. The van der Waals surface area contributed by atoms with Crippen molar-refractivity contribution in [1.82, 2.24) is 14.1 Å². The van der Waals surface area contributed by atoms with Crippen molar-refractivity contribution >= 4 is 79.5 Å². The summed E-state index contributed by atoms with van der Waals surface area (Å²) in [6, 6.07) is 19.7. The predicted molar refractivity (Wildman–Crippen MR) is 152 cm³/mol. The van der Waals surface area contributed by atoms with Crippen molar-refractivity contribution < 1.29 is 13.6 Å². The number of anilines is 2. The molecule has 1 amide bonds. The molecule has 1 aromatic heterocycles. The molecule has 0 fully saturated rings. The van der Waals surface area contributed by atoms with E-state index in [9.17, 15) is 13.6 Å². The number of aromatic nitrogens is 2. The Morgan fingerprint density at radius 3 is 2.57 bits per heavy atom. The minimum Gasteiger partial charge on any atom is -0.755 e. The van der Waals surface area contributed by atoms with Crippen LogP contribution in [-0.4, -0.2) is 30.0 Å². The first-order chi connectivity index (χ1) is 17.7. The molecule has 0 bridgehead atoms. The van der Waals surface area contributed by atoms with Gasteiger partial charge in [0.25, 0.3) is 5.91 Å². The highest BCUT2D eigenvalue weighted by molar-refractivity contribution is 9.10. The summed E-state index contributed by atoms with van der Waals surface area (Å²) in [7, 11) is 0. The lowest BCUT2D eigenvalue weighted by atomic mass is 10.0. The molecule has 0 aliphatic rings. The summed E-state index contributed by atoms with van der Waals surface area (Å²) >= 11 is 13.7. The van der Waals surface area contributed by atoms with Crippen molar-refractivity contribution in [2.45, 2.75) is 19.3 Å². The van der Waals surface area contributed by atoms with Gasteiger partial charge in [-0.25, -0.2) is 0 Å². The van der Waals surface area contributed by atoms with Gasteiger partial charge in [0.1, 0.15) is 5.69 Å². The number of rotatable bonds is 9. The molecule has 0 spiro atoms.